The lowest BCUT2D eigenvalue weighted by molar-refractivity contribution is -0.119. The number of amides is 1. The van der Waals surface area contributed by atoms with Crippen LogP contribution in [-0.4, -0.2) is 58.5 Å². The molecule has 2 aromatic carbocycles. The number of hydrogen-bond acceptors (Lipinski definition) is 7. The summed E-state index contributed by atoms with van der Waals surface area (Å²) in [5, 5.41) is 4.56. The Balaban J connectivity index is 1.35. The van der Waals surface area contributed by atoms with Crippen LogP contribution in [0.1, 0.15) is 5.56 Å². The summed E-state index contributed by atoms with van der Waals surface area (Å²) in [6.07, 6.45) is 5.18. The number of pyridine rings is 1. The first-order chi connectivity index (χ1) is 17.5. The Morgan fingerprint density at radius 2 is 1.75 bits per heavy atom. The average Bonchev–Trinajstić information content (AvgIpc) is 2.89. The van der Waals surface area contributed by atoms with E-state index in [4.69, 9.17) is 17.3 Å². The van der Waals surface area contributed by atoms with Gasteiger partial charge in [0.1, 0.15) is 5.82 Å². The lowest BCUT2D eigenvalue weighted by atomic mass is 10.0. The molecule has 3 N–H and O–H groups in total. The SMILES string of the molecule is NC(=O)CN1CCN(c2ncc(-c3ccc4ncc(Cl)c(NCc5ccccc5F)c4c3)cn2)CC1. The van der Waals surface area contributed by atoms with E-state index in [9.17, 15) is 9.18 Å². The molecule has 184 valence electrons. The highest BCUT2D eigenvalue weighted by molar-refractivity contribution is 6.34. The average molecular weight is 506 g/mol. The van der Waals surface area contributed by atoms with Gasteiger partial charge in [-0.05, 0) is 23.8 Å². The quantitative estimate of drug-likeness (QED) is 0.395. The fourth-order valence-corrected chi connectivity index (χ4v) is 4.53. The number of nitrogens with one attached hydrogen (secondary N) is 1. The second-order valence-electron chi connectivity index (χ2n) is 8.66. The van der Waals surface area contributed by atoms with Gasteiger partial charge in [0, 0.05) is 67.8 Å². The fraction of sp³-hybridized carbons (Fsp3) is 0.231. The van der Waals surface area contributed by atoms with E-state index in [0.717, 1.165) is 48.2 Å². The van der Waals surface area contributed by atoms with Crippen LogP contribution in [-0.2, 0) is 11.3 Å². The predicted octanol–water partition coefficient (Wildman–Crippen LogP) is 3.70. The van der Waals surface area contributed by atoms with Gasteiger partial charge in [-0.1, -0.05) is 35.9 Å². The monoisotopic (exact) mass is 505 g/mol. The Morgan fingerprint density at radius 1 is 1.00 bits per heavy atom. The summed E-state index contributed by atoms with van der Waals surface area (Å²) in [6, 6.07) is 12.5. The standard InChI is InChI=1S/C26H25ClFN7O/c27-21-15-30-23-6-5-17(11-20(23)25(21)31-12-18-3-1-2-4-22(18)28)19-13-32-26(33-14-19)35-9-7-34(8-10-35)16-24(29)36/h1-6,11,13-15H,7-10,12,16H2,(H2,29,36)(H,30,31). The second-order valence-corrected chi connectivity index (χ2v) is 9.07. The largest absolute Gasteiger partial charge is 0.379 e. The molecule has 10 heteroatoms. The number of fused-ring (bicyclic) bond motifs is 1. The molecule has 0 spiro atoms. The maximum absolute atomic E-state index is 14.1. The maximum atomic E-state index is 14.1. The minimum atomic E-state index is -0.318. The Bertz CT molecular complexity index is 1390. The summed E-state index contributed by atoms with van der Waals surface area (Å²) in [7, 11) is 0. The van der Waals surface area contributed by atoms with Crippen molar-refractivity contribution in [3.05, 3.63) is 77.5 Å². The van der Waals surface area contributed by atoms with Gasteiger partial charge in [-0.2, -0.15) is 0 Å². The number of hydrogen-bond donors (Lipinski definition) is 2. The number of carbonyl (C=O) groups excluding carboxylic acids is 1. The number of nitrogens with zero attached hydrogens (tertiary/aromatic N) is 5. The molecule has 0 atom stereocenters. The summed E-state index contributed by atoms with van der Waals surface area (Å²) in [6.45, 7) is 3.48. The number of nitrogens with two attached hydrogens (primary N) is 1. The smallest absolute Gasteiger partial charge is 0.231 e. The van der Waals surface area contributed by atoms with Crippen molar-refractivity contribution in [2.24, 2.45) is 5.73 Å². The van der Waals surface area contributed by atoms with Crippen molar-refractivity contribution >= 4 is 40.0 Å². The molecule has 1 aliphatic rings. The van der Waals surface area contributed by atoms with E-state index in [0.29, 0.717) is 28.8 Å². The lowest BCUT2D eigenvalue weighted by Crippen LogP contribution is -2.49. The number of piperazine rings is 1. The number of carbonyl (C=O) groups is 1. The first-order valence-corrected chi connectivity index (χ1v) is 12.0. The molecule has 1 saturated heterocycles. The molecule has 0 aliphatic carbocycles. The predicted molar refractivity (Wildman–Crippen MR) is 139 cm³/mol. The summed E-state index contributed by atoms with van der Waals surface area (Å²) < 4.78 is 14.1. The van der Waals surface area contributed by atoms with E-state index in [2.05, 4.69) is 25.2 Å². The lowest BCUT2D eigenvalue weighted by Gasteiger charge is -2.33. The van der Waals surface area contributed by atoms with Crippen molar-refractivity contribution in [1.82, 2.24) is 19.9 Å². The van der Waals surface area contributed by atoms with Crippen molar-refractivity contribution in [3.63, 3.8) is 0 Å². The van der Waals surface area contributed by atoms with Gasteiger partial charge in [-0.25, -0.2) is 14.4 Å². The molecule has 1 fully saturated rings. The number of rotatable bonds is 7. The van der Waals surface area contributed by atoms with Gasteiger partial charge in [-0.15, -0.1) is 0 Å². The second kappa shape index (κ2) is 10.4. The van der Waals surface area contributed by atoms with E-state index >= 15 is 0 Å². The van der Waals surface area contributed by atoms with Gasteiger partial charge in [0.05, 0.1) is 22.8 Å². The zero-order valence-electron chi connectivity index (χ0n) is 19.5. The normalized spacial score (nSPS) is 14.2. The topological polar surface area (TPSA) is 100 Å². The molecule has 5 rings (SSSR count). The Morgan fingerprint density at radius 3 is 2.47 bits per heavy atom. The number of aromatic nitrogens is 3. The van der Waals surface area contributed by atoms with Crippen LogP contribution in [0.4, 0.5) is 16.0 Å². The van der Waals surface area contributed by atoms with Crippen molar-refractivity contribution in [2.75, 3.05) is 42.9 Å². The highest BCUT2D eigenvalue weighted by Gasteiger charge is 2.20. The molecule has 3 heterocycles. The molecule has 1 aliphatic heterocycles. The Labute approximate surface area is 212 Å². The molecule has 8 nitrogen and oxygen atoms in total. The summed E-state index contributed by atoms with van der Waals surface area (Å²) in [4.78, 5) is 28.8. The van der Waals surface area contributed by atoms with Crippen LogP contribution in [0.3, 0.4) is 0 Å². The summed E-state index contributed by atoms with van der Waals surface area (Å²) >= 11 is 6.47. The van der Waals surface area contributed by atoms with Gasteiger partial charge in [0.25, 0.3) is 0 Å². The number of primary amides is 1. The van der Waals surface area contributed by atoms with Crippen molar-refractivity contribution < 1.29 is 9.18 Å². The fourth-order valence-electron chi connectivity index (χ4n) is 4.31. The third-order valence-corrected chi connectivity index (χ3v) is 6.53. The molecular formula is C26H25ClFN7O. The number of benzene rings is 2. The zero-order valence-corrected chi connectivity index (χ0v) is 20.2. The van der Waals surface area contributed by atoms with Gasteiger partial charge >= 0.3 is 0 Å². The van der Waals surface area contributed by atoms with Crippen LogP contribution < -0.4 is 16.0 Å². The van der Waals surface area contributed by atoms with Crippen molar-refractivity contribution in [1.29, 1.82) is 0 Å². The van der Waals surface area contributed by atoms with Crippen molar-refractivity contribution in [3.8, 4) is 11.1 Å². The summed E-state index contributed by atoms with van der Waals surface area (Å²) in [5.74, 6) is 0.0587. The van der Waals surface area contributed by atoms with Crippen LogP contribution >= 0.6 is 11.6 Å². The molecule has 0 bridgehead atoms. The third-order valence-electron chi connectivity index (χ3n) is 6.24. The van der Waals surface area contributed by atoms with Crippen LogP contribution in [0, 0.1) is 5.82 Å². The van der Waals surface area contributed by atoms with Crippen LogP contribution in [0.2, 0.25) is 5.02 Å². The summed E-state index contributed by atoms with van der Waals surface area (Å²) in [5.41, 5.74) is 9.08. The number of halogens is 2. The molecule has 2 aromatic heterocycles. The first-order valence-electron chi connectivity index (χ1n) is 11.6. The molecule has 0 saturated carbocycles. The molecule has 36 heavy (non-hydrogen) atoms. The van der Waals surface area contributed by atoms with Crippen molar-refractivity contribution in [2.45, 2.75) is 6.54 Å². The third kappa shape index (κ3) is 5.22. The molecule has 4 aromatic rings. The van der Waals surface area contributed by atoms with E-state index in [1.54, 1.807) is 36.8 Å². The molecule has 0 radical (unpaired) electrons. The van der Waals surface area contributed by atoms with Gasteiger partial charge in [0.15, 0.2) is 0 Å². The van der Waals surface area contributed by atoms with Crippen LogP contribution in [0.5, 0.6) is 0 Å². The molecular weight excluding hydrogens is 481 g/mol. The van der Waals surface area contributed by atoms with E-state index in [1.165, 1.54) is 6.07 Å². The maximum Gasteiger partial charge on any atom is 0.231 e. The highest BCUT2D eigenvalue weighted by Crippen LogP contribution is 2.33. The Kier molecular flexibility index (Phi) is 6.92. The Hall–Kier alpha value is -3.82. The minimum Gasteiger partial charge on any atom is -0.379 e. The minimum absolute atomic E-state index is 0.269. The first kappa shape index (κ1) is 23.9. The van der Waals surface area contributed by atoms with E-state index < -0.39 is 0 Å². The number of anilines is 2. The van der Waals surface area contributed by atoms with Crippen LogP contribution in [0.15, 0.2) is 61.1 Å². The van der Waals surface area contributed by atoms with E-state index in [-0.39, 0.29) is 18.3 Å². The van der Waals surface area contributed by atoms with Gasteiger partial charge in [0.2, 0.25) is 11.9 Å². The molecule has 1 amide bonds. The highest BCUT2D eigenvalue weighted by atomic mass is 35.5. The zero-order chi connectivity index (χ0) is 25.1. The molecule has 0 unspecified atom stereocenters. The van der Waals surface area contributed by atoms with Gasteiger partial charge < -0.3 is 16.0 Å². The van der Waals surface area contributed by atoms with Gasteiger partial charge in [-0.3, -0.25) is 14.7 Å². The van der Waals surface area contributed by atoms with Crippen LogP contribution in [0.25, 0.3) is 22.0 Å². The van der Waals surface area contributed by atoms with E-state index in [1.807, 2.05) is 23.1 Å².